The maximum atomic E-state index is 13.0. The Kier molecular flexibility index (Phi) is 7.31. The SMILES string of the molecule is Cc1ccc(S(=O)(=O)N=CN2CCCC2C(O[Si](C)(C)C)(c2ccccc2)c2ccccc2)cc1. The van der Waals surface area contributed by atoms with Crippen molar-refractivity contribution in [3.8, 4) is 0 Å². The fourth-order valence-electron chi connectivity index (χ4n) is 4.85. The molecule has 1 atom stereocenters. The van der Waals surface area contributed by atoms with Crippen molar-refractivity contribution in [2.45, 2.75) is 55.9 Å². The first kappa shape index (κ1) is 25.4. The molecule has 0 bridgehead atoms. The van der Waals surface area contributed by atoms with Crippen LogP contribution in [0.2, 0.25) is 19.6 Å². The predicted molar refractivity (Wildman–Crippen MR) is 145 cm³/mol. The molecule has 0 aromatic heterocycles. The number of likely N-dealkylation sites (tertiary alicyclic amines) is 1. The molecule has 1 saturated heterocycles. The van der Waals surface area contributed by atoms with Crippen LogP contribution in [0.25, 0.3) is 0 Å². The maximum absolute atomic E-state index is 13.0. The molecule has 1 aliphatic heterocycles. The third-order valence-corrected chi connectivity index (χ3v) is 8.46. The van der Waals surface area contributed by atoms with Gasteiger partial charge in [-0.15, -0.1) is 4.40 Å². The molecule has 3 aromatic carbocycles. The van der Waals surface area contributed by atoms with E-state index in [9.17, 15) is 8.42 Å². The summed E-state index contributed by atoms with van der Waals surface area (Å²) in [6.07, 6.45) is 3.31. The summed E-state index contributed by atoms with van der Waals surface area (Å²) in [4.78, 5) is 2.26. The Morgan fingerprint density at radius 2 is 1.46 bits per heavy atom. The zero-order chi connectivity index (χ0) is 25.1. The molecule has 0 spiro atoms. The molecule has 0 aliphatic carbocycles. The Hall–Kier alpha value is -2.74. The summed E-state index contributed by atoms with van der Waals surface area (Å²) in [5, 5.41) is 0. The van der Waals surface area contributed by atoms with E-state index in [4.69, 9.17) is 4.43 Å². The summed E-state index contributed by atoms with van der Waals surface area (Å²) in [6, 6.07) is 27.3. The first-order valence-electron chi connectivity index (χ1n) is 12.1. The van der Waals surface area contributed by atoms with Crippen molar-refractivity contribution >= 4 is 24.7 Å². The highest BCUT2D eigenvalue weighted by Gasteiger charge is 2.49. The van der Waals surface area contributed by atoms with Gasteiger partial charge in [-0.05, 0) is 62.7 Å². The minimum Gasteiger partial charge on any atom is -0.402 e. The second kappa shape index (κ2) is 10.1. The predicted octanol–water partition coefficient (Wildman–Crippen LogP) is 5.97. The van der Waals surface area contributed by atoms with Crippen LogP contribution in [0.1, 0.15) is 29.5 Å². The molecule has 7 heteroatoms. The highest BCUT2D eigenvalue weighted by molar-refractivity contribution is 7.90. The molecule has 1 aliphatic rings. The molecule has 184 valence electrons. The molecule has 4 rings (SSSR count). The van der Waals surface area contributed by atoms with E-state index < -0.39 is 23.9 Å². The number of benzene rings is 3. The Bertz CT molecular complexity index is 1220. The average molecular weight is 507 g/mol. The van der Waals surface area contributed by atoms with Crippen molar-refractivity contribution in [2.24, 2.45) is 4.40 Å². The van der Waals surface area contributed by atoms with Crippen molar-refractivity contribution in [2.75, 3.05) is 6.54 Å². The van der Waals surface area contributed by atoms with Crippen LogP contribution in [0, 0.1) is 6.92 Å². The van der Waals surface area contributed by atoms with E-state index in [1.807, 2.05) is 43.3 Å². The second-order valence-corrected chi connectivity index (χ2v) is 16.1. The Morgan fingerprint density at radius 3 is 1.97 bits per heavy atom. The van der Waals surface area contributed by atoms with Gasteiger partial charge in [0.25, 0.3) is 10.0 Å². The Morgan fingerprint density at radius 1 is 0.914 bits per heavy atom. The van der Waals surface area contributed by atoms with Crippen molar-refractivity contribution in [1.82, 2.24) is 4.90 Å². The van der Waals surface area contributed by atoms with Crippen LogP contribution in [-0.4, -0.2) is 40.6 Å². The third kappa shape index (κ3) is 5.58. The van der Waals surface area contributed by atoms with E-state index in [0.717, 1.165) is 29.5 Å². The lowest BCUT2D eigenvalue weighted by molar-refractivity contribution is 0.0364. The zero-order valence-corrected chi connectivity index (χ0v) is 22.7. The van der Waals surface area contributed by atoms with Gasteiger partial charge in [0, 0.05) is 6.54 Å². The van der Waals surface area contributed by atoms with Gasteiger partial charge in [0.2, 0.25) is 0 Å². The van der Waals surface area contributed by atoms with E-state index in [-0.39, 0.29) is 10.9 Å². The first-order chi connectivity index (χ1) is 16.6. The van der Waals surface area contributed by atoms with Gasteiger partial charge < -0.3 is 9.33 Å². The fourth-order valence-corrected chi connectivity index (χ4v) is 7.03. The van der Waals surface area contributed by atoms with E-state index in [2.05, 4.69) is 53.2 Å². The molecule has 1 fully saturated rings. The van der Waals surface area contributed by atoms with Crippen LogP contribution >= 0.6 is 0 Å². The van der Waals surface area contributed by atoms with E-state index in [0.29, 0.717) is 6.54 Å². The summed E-state index contributed by atoms with van der Waals surface area (Å²) in [5.41, 5.74) is 2.40. The average Bonchev–Trinajstić information content (AvgIpc) is 3.31. The van der Waals surface area contributed by atoms with Crippen LogP contribution in [0.4, 0.5) is 0 Å². The number of aryl methyl sites for hydroxylation is 1. The molecular formula is C28H34N2O3SSi. The third-order valence-electron chi connectivity index (χ3n) is 6.29. The van der Waals surface area contributed by atoms with E-state index >= 15 is 0 Å². The summed E-state index contributed by atoms with van der Waals surface area (Å²) in [6.45, 7) is 9.24. The lowest BCUT2D eigenvalue weighted by Crippen LogP contribution is -2.54. The van der Waals surface area contributed by atoms with Gasteiger partial charge in [-0.25, -0.2) is 0 Å². The van der Waals surface area contributed by atoms with Gasteiger partial charge in [-0.3, -0.25) is 0 Å². The van der Waals surface area contributed by atoms with Crippen LogP contribution in [0.3, 0.4) is 0 Å². The molecule has 0 amide bonds. The minimum absolute atomic E-state index is 0.101. The lowest BCUT2D eigenvalue weighted by Gasteiger charge is -2.47. The molecule has 1 heterocycles. The van der Waals surface area contributed by atoms with Crippen LogP contribution in [0.5, 0.6) is 0 Å². The van der Waals surface area contributed by atoms with Gasteiger partial charge in [-0.1, -0.05) is 78.4 Å². The van der Waals surface area contributed by atoms with Crippen LogP contribution in [0.15, 0.2) is 94.2 Å². The molecule has 0 N–H and O–H groups in total. The fraction of sp³-hybridized carbons (Fsp3) is 0.321. The summed E-state index contributed by atoms with van der Waals surface area (Å²) >= 11 is 0. The summed E-state index contributed by atoms with van der Waals surface area (Å²) < 4.78 is 37.2. The van der Waals surface area contributed by atoms with Crippen molar-refractivity contribution < 1.29 is 12.8 Å². The van der Waals surface area contributed by atoms with Crippen LogP contribution < -0.4 is 0 Å². The molecule has 3 aromatic rings. The Balaban J connectivity index is 1.81. The number of nitrogens with zero attached hydrogens (tertiary/aromatic N) is 2. The van der Waals surface area contributed by atoms with Crippen molar-refractivity contribution in [3.05, 3.63) is 102 Å². The van der Waals surface area contributed by atoms with Gasteiger partial charge in [0.05, 0.1) is 10.9 Å². The van der Waals surface area contributed by atoms with E-state index in [1.54, 1.807) is 24.3 Å². The smallest absolute Gasteiger partial charge is 0.283 e. The van der Waals surface area contributed by atoms with Crippen molar-refractivity contribution in [3.63, 3.8) is 0 Å². The number of rotatable bonds is 8. The monoisotopic (exact) mass is 506 g/mol. The van der Waals surface area contributed by atoms with Gasteiger partial charge in [-0.2, -0.15) is 8.42 Å². The molecule has 1 unspecified atom stereocenters. The van der Waals surface area contributed by atoms with Gasteiger partial charge in [0.15, 0.2) is 8.32 Å². The number of hydrogen-bond acceptors (Lipinski definition) is 3. The molecule has 35 heavy (non-hydrogen) atoms. The standard InChI is InChI=1S/C28H34N2O3SSi/c1-23-17-19-26(20-18-23)34(31,32)29-22-30-21-11-16-27(30)28(33-35(2,3)4,24-12-7-5-8-13-24)25-14-9-6-10-15-25/h5-10,12-15,17-20,22,27H,11,16,21H2,1-4H3. The first-order valence-corrected chi connectivity index (χ1v) is 16.9. The lowest BCUT2D eigenvalue weighted by atomic mass is 9.79. The normalized spacial score (nSPS) is 17.3. The highest BCUT2D eigenvalue weighted by Crippen LogP contribution is 2.45. The van der Waals surface area contributed by atoms with Crippen molar-refractivity contribution in [1.29, 1.82) is 0 Å². The molecular weight excluding hydrogens is 472 g/mol. The maximum Gasteiger partial charge on any atom is 0.283 e. The topological polar surface area (TPSA) is 59.0 Å². The quantitative estimate of drug-likeness (QED) is 0.214. The minimum atomic E-state index is -3.80. The second-order valence-electron chi connectivity index (χ2n) is 10.1. The number of hydrogen-bond donors (Lipinski definition) is 0. The number of sulfonamides is 1. The Labute approximate surface area is 210 Å². The summed E-state index contributed by atoms with van der Waals surface area (Å²) in [5.74, 6) is 0. The van der Waals surface area contributed by atoms with Gasteiger partial charge >= 0.3 is 0 Å². The van der Waals surface area contributed by atoms with Gasteiger partial charge in [0.1, 0.15) is 11.9 Å². The van der Waals surface area contributed by atoms with Crippen LogP contribution in [-0.2, 0) is 20.1 Å². The summed E-state index contributed by atoms with van der Waals surface area (Å²) in [7, 11) is -5.86. The highest BCUT2D eigenvalue weighted by atomic mass is 32.2. The molecule has 5 nitrogen and oxygen atoms in total. The largest absolute Gasteiger partial charge is 0.402 e. The zero-order valence-electron chi connectivity index (χ0n) is 20.9. The molecule has 0 radical (unpaired) electrons. The molecule has 0 saturated carbocycles. The van der Waals surface area contributed by atoms with E-state index in [1.165, 1.54) is 6.34 Å².